The van der Waals surface area contributed by atoms with E-state index in [-0.39, 0.29) is 17.4 Å². The molecular weight excluding hydrogens is 414 g/mol. The van der Waals surface area contributed by atoms with Gasteiger partial charge in [-0.3, -0.25) is 9.00 Å². The Morgan fingerprint density at radius 3 is 2.62 bits per heavy atom. The zero-order chi connectivity index (χ0) is 18.5. The molecule has 26 heavy (non-hydrogen) atoms. The number of rotatable bonds is 6. The summed E-state index contributed by atoms with van der Waals surface area (Å²) in [6.45, 7) is 2.39. The largest absolute Gasteiger partial charge is 0.455 e. The average molecular weight is 432 g/mol. The van der Waals surface area contributed by atoms with Crippen molar-refractivity contribution >= 4 is 32.6 Å². The summed E-state index contributed by atoms with van der Waals surface area (Å²) in [6.07, 6.45) is 0. The quantitative estimate of drug-likeness (QED) is 0.620. The van der Waals surface area contributed by atoms with Crippen molar-refractivity contribution in [2.24, 2.45) is 0 Å². The van der Waals surface area contributed by atoms with Crippen LogP contribution in [0.25, 0.3) is 0 Å². The minimum absolute atomic E-state index is 0.218. The molecular formula is C20H18BrNO3S. The van der Waals surface area contributed by atoms with Crippen LogP contribution in [-0.2, 0) is 23.1 Å². The van der Waals surface area contributed by atoms with Gasteiger partial charge >= 0.3 is 0 Å². The van der Waals surface area contributed by atoms with Crippen molar-refractivity contribution in [3.05, 3.63) is 87.8 Å². The number of nitrogens with one attached hydrogen (secondary N) is 1. The summed E-state index contributed by atoms with van der Waals surface area (Å²) < 4.78 is 18.9. The van der Waals surface area contributed by atoms with Crippen LogP contribution in [0.2, 0.25) is 0 Å². The molecule has 1 N–H and O–H groups in total. The summed E-state index contributed by atoms with van der Waals surface area (Å²) in [5, 5.41) is 2.82. The lowest BCUT2D eigenvalue weighted by Crippen LogP contribution is -2.22. The van der Waals surface area contributed by atoms with Crippen molar-refractivity contribution < 1.29 is 13.4 Å². The molecule has 0 saturated heterocycles. The molecule has 1 atom stereocenters. The smallest absolute Gasteiger partial charge is 0.287 e. The molecule has 134 valence electrons. The first-order valence-electron chi connectivity index (χ1n) is 8.07. The molecule has 1 unspecified atom stereocenters. The highest BCUT2D eigenvalue weighted by molar-refractivity contribution is 9.10. The maximum atomic E-state index is 12.4. The Labute approximate surface area is 163 Å². The van der Waals surface area contributed by atoms with Gasteiger partial charge in [0.05, 0.1) is 16.6 Å². The molecule has 0 fully saturated rings. The van der Waals surface area contributed by atoms with Gasteiger partial charge in [0, 0.05) is 15.9 Å². The molecule has 0 saturated carbocycles. The molecule has 0 aliphatic heterocycles. The summed E-state index contributed by atoms with van der Waals surface area (Å²) in [7, 11) is -1.21. The molecule has 0 spiro atoms. The highest BCUT2D eigenvalue weighted by atomic mass is 79.9. The fraction of sp³-hybridized carbons (Fsp3) is 0.150. The van der Waals surface area contributed by atoms with Crippen LogP contribution in [0.4, 0.5) is 0 Å². The highest BCUT2D eigenvalue weighted by Crippen LogP contribution is 2.16. The van der Waals surface area contributed by atoms with Gasteiger partial charge in [0.1, 0.15) is 5.76 Å². The zero-order valence-corrected chi connectivity index (χ0v) is 16.6. The van der Waals surface area contributed by atoms with Gasteiger partial charge in [0.25, 0.3) is 5.91 Å². The van der Waals surface area contributed by atoms with E-state index >= 15 is 0 Å². The fourth-order valence-electron chi connectivity index (χ4n) is 2.40. The lowest BCUT2D eigenvalue weighted by Gasteiger charge is -2.04. The number of hydrogen-bond acceptors (Lipinski definition) is 3. The summed E-state index contributed by atoms with van der Waals surface area (Å²) in [5.41, 5.74) is 2.10. The van der Waals surface area contributed by atoms with Crippen LogP contribution in [0.3, 0.4) is 0 Å². The minimum atomic E-state index is -1.21. The second-order valence-electron chi connectivity index (χ2n) is 5.88. The lowest BCUT2D eigenvalue weighted by molar-refractivity contribution is 0.0921. The van der Waals surface area contributed by atoms with E-state index in [0.717, 1.165) is 20.5 Å². The Hall–Kier alpha value is -2.18. The third-order valence-corrected chi connectivity index (χ3v) is 5.62. The topological polar surface area (TPSA) is 59.3 Å². The lowest BCUT2D eigenvalue weighted by atomic mass is 10.2. The van der Waals surface area contributed by atoms with Crippen LogP contribution < -0.4 is 5.32 Å². The molecule has 0 aliphatic rings. The molecule has 1 amide bonds. The van der Waals surface area contributed by atoms with Gasteiger partial charge in [-0.2, -0.15) is 0 Å². The Morgan fingerprint density at radius 2 is 1.88 bits per heavy atom. The molecule has 3 rings (SSSR count). The predicted octanol–water partition coefficient (Wildman–Crippen LogP) is 4.59. The second-order valence-corrected chi connectivity index (χ2v) is 8.25. The van der Waals surface area contributed by atoms with Crippen molar-refractivity contribution in [2.75, 3.05) is 0 Å². The third-order valence-electron chi connectivity index (χ3n) is 3.78. The third kappa shape index (κ3) is 4.93. The molecule has 0 aliphatic carbocycles. The molecule has 0 radical (unpaired) electrons. The first-order chi connectivity index (χ1) is 12.5. The van der Waals surface area contributed by atoms with Gasteiger partial charge in [-0.05, 0) is 48.9 Å². The van der Waals surface area contributed by atoms with Crippen LogP contribution >= 0.6 is 15.9 Å². The Morgan fingerprint density at radius 1 is 1.12 bits per heavy atom. The Bertz CT molecular complexity index is 934. The Kier molecular flexibility index (Phi) is 6.06. The molecule has 6 heteroatoms. The van der Waals surface area contributed by atoms with E-state index in [4.69, 9.17) is 4.42 Å². The number of carbonyl (C=O) groups excluding carboxylic acids is 1. The molecule has 2 aromatic carbocycles. The van der Waals surface area contributed by atoms with E-state index < -0.39 is 10.8 Å². The van der Waals surface area contributed by atoms with E-state index in [9.17, 15) is 9.00 Å². The van der Waals surface area contributed by atoms with E-state index in [1.54, 1.807) is 12.1 Å². The van der Waals surface area contributed by atoms with Crippen molar-refractivity contribution in [3.8, 4) is 0 Å². The van der Waals surface area contributed by atoms with Crippen LogP contribution in [0.15, 0.2) is 74.4 Å². The van der Waals surface area contributed by atoms with E-state index in [2.05, 4.69) is 21.2 Å². The Balaban J connectivity index is 1.59. The number of furan rings is 1. The minimum Gasteiger partial charge on any atom is -0.455 e. The number of aryl methyl sites for hydroxylation is 1. The molecule has 3 aromatic rings. The molecule has 1 heterocycles. The van der Waals surface area contributed by atoms with Crippen LogP contribution in [0, 0.1) is 6.92 Å². The number of amides is 1. The summed E-state index contributed by atoms with van der Waals surface area (Å²) in [5.74, 6) is 0.687. The van der Waals surface area contributed by atoms with E-state index in [0.29, 0.717) is 12.3 Å². The van der Waals surface area contributed by atoms with Gasteiger partial charge in [-0.15, -0.1) is 0 Å². The van der Waals surface area contributed by atoms with Gasteiger partial charge in [-0.25, -0.2) is 0 Å². The van der Waals surface area contributed by atoms with Gasteiger partial charge in [-0.1, -0.05) is 45.8 Å². The van der Waals surface area contributed by atoms with Gasteiger partial charge < -0.3 is 9.73 Å². The number of carbonyl (C=O) groups is 1. The number of halogens is 1. The van der Waals surface area contributed by atoms with Crippen molar-refractivity contribution in [1.29, 1.82) is 0 Å². The summed E-state index contributed by atoms with van der Waals surface area (Å²) in [4.78, 5) is 13.0. The van der Waals surface area contributed by atoms with Crippen molar-refractivity contribution in [1.82, 2.24) is 5.32 Å². The standard InChI is InChI=1S/C20H18BrNO3S/c1-14-5-8-18(9-6-14)26(24)13-17-7-10-19(25-17)20(23)22-12-15-3-2-4-16(21)11-15/h2-11H,12-13H2,1H3,(H,22,23). The van der Waals surface area contributed by atoms with E-state index in [1.165, 1.54) is 0 Å². The average Bonchev–Trinajstić information content (AvgIpc) is 3.09. The van der Waals surface area contributed by atoms with Crippen LogP contribution in [0.5, 0.6) is 0 Å². The monoisotopic (exact) mass is 431 g/mol. The SMILES string of the molecule is Cc1ccc(S(=O)Cc2ccc(C(=O)NCc3cccc(Br)c3)o2)cc1. The van der Waals surface area contributed by atoms with E-state index in [1.807, 2.05) is 55.5 Å². The van der Waals surface area contributed by atoms with Crippen molar-refractivity contribution in [3.63, 3.8) is 0 Å². The zero-order valence-electron chi connectivity index (χ0n) is 14.2. The highest BCUT2D eigenvalue weighted by Gasteiger charge is 2.13. The van der Waals surface area contributed by atoms with Gasteiger partial charge in [0.15, 0.2) is 5.76 Å². The second kappa shape index (κ2) is 8.47. The maximum Gasteiger partial charge on any atom is 0.287 e. The number of hydrogen-bond donors (Lipinski definition) is 1. The maximum absolute atomic E-state index is 12.4. The van der Waals surface area contributed by atoms with Crippen LogP contribution in [-0.4, -0.2) is 10.1 Å². The van der Waals surface area contributed by atoms with Crippen LogP contribution in [0.1, 0.15) is 27.4 Å². The fourth-order valence-corrected chi connectivity index (χ4v) is 3.86. The summed E-state index contributed by atoms with van der Waals surface area (Å²) in [6, 6.07) is 18.6. The van der Waals surface area contributed by atoms with Crippen molar-refractivity contribution in [2.45, 2.75) is 24.1 Å². The number of benzene rings is 2. The molecule has 0 bridgehead atoms. The first-order valence-corrected chi connectivity index (χ1v) is 10.2. The summed E-state index contributed by atoms with van der Waals surface area (Å²) >= 11 is 3.40. The normalized spacial score (nSPS) is 11.9. The molecule has 4 nitrogen and oxygen atoms in total. The predicted molar refractivity (Wildman–Crippen MR) is 105 cm³/mol. The molecule has 1 aromatic heterocycles. The first kappa shape index (κ1) is 18.6. The van der Waals surface area contributed by atoms with Gasteiger partial charge in [0.2, 0.25) is 0 Å².